The average Bonchev–Trinajstić information content (AvgIpc) is 3.24. The predicted molar refractivity (Wildman–Crippen MR) is 109 cm³/mol. The van der Waals surface area contributed by atoms with Gasteiger partial charge in [0.25, 0.3) is 5.91 Å². The lowest BCUT2D eigenvalue weighted by Gasteiger charge is -2.32. The fourth-order valence-electron chi connectivity index (χ4n) is 3.66. The van der Waals surface area contributed by atoms with Crippen LogP contribution in [0.5, 0.6) is 0 Å². The molecule has 138 valence electrons. The molecule has 1 fully saturated rings. The molecule has 2 amide bonds. The first-order valence-electron chi connectivity index (χ1n) is 9.28. The van der Waals surface area contributed by atoms with E-state index < -0.39 is 0 Å². The molecule has 0 unspecified atom stereocenters. The first-order chi connectivity index (χ1) is 13.2. The smallest absolute Gasteiger partial charge is 0.252 e. The first-order valence-corrected chi connectivity index (χ1v) is 10.2. The summed E-state index contributed by atoms with van der Waals surface area (Å²) >= 11 is 1.52. The van der Waals surface area contributed by atoms with Crippen molar-refractivity contribution in [2.75, 3.05) is 13.1 Å². The fraction of sp³-hybridized carbons (Fsp3) is 0.273. The van der Waals surface area contributed by atoms with Gasteiger partial charge in [-0.2, -0.15) is 11.3 Å². The van der Waals surface area contributed by atoms with E-state index in [2.05, 4.69) is 23.5 Å². The lowest BCUT2D eigenvalue weighted by Crippen LogP contribution is -2.46. The van der Waals surface area contributed by atoms with Gasteiger partial charge in [-0.15, -0.1) is 0 Å². The highest BCUT2D eigenvalue weighted by Crippen LogP contribution is 2.20. The number of benzene rings is 2. The molecule has 3 aromatic rings. The summed E-state index contributed by atoms with van der Waals surface area (Å²) in [6, 6.07) is 16.3. The summed E-state index contributed by atoms with van der Waals surface area (Å²) in [7, 11) is 0. The number of rotatable bonds is 4. The van der Waals surface area contributed by atoms with Gasteiger partial charge in [-0.3, -0.25) is 9.59 Å². The quantitative estimate of drug-likeness (QED) is 0.749. The lowest BCUT2D eigenvalue weighted by molar-refractivity contribution is -0.131. The van der Waals surface area contributed by atoms with Gasteiger partial charge >= 0.3 is 0 Å². The van der Waals surface area contributed by atoms with E-state index in [1.807, 2.05) is 46.0 Å². The van der Waals surface area contributed by atoms with Gasteiger partial charge in [0, 0.05) is 30.1 Å². The summed E-state index contributed by atoms with van der Waals surface area (Å²) < 4.78 is 0. The molecule has 2 heterocycles. The largest absolute Gasteiger partial charge is 0.349 e. The van der Waals surface area contributed by atoms with Crippen LogP contribution in [0.2, 0.25) is 0 Å². The molecule has 5 heteroatoms. The summed E-state index contributed by atoms with van der Waals surface area (Å²) in [5, 5.41) is 9.16. The van der Waals surface area contributed by atoms with Crippen molar-refractivity contribution in [3.63, 3.8) is 0 Å². The first kappa shape index (κ1) is 17.7. The van der Waals surface area contributed by atoms with Gasteiger partial charge in [0.2, 0.25) is 5.91 Å². The molecule has 2 aromatic carbocycles. The molecule has 0 radical (unpaired) electrons. The highest BCUT2D eigenvalue weighted by atomic mass is 32.1. The molecule has 0 bridgehead atoms. The molecule has 4 rings (SSSR count). The van der Waals surface area contributed by atoms with Crippen LogP contribution in [-0.2, 0) is 11.2 Å². The van der Waals surface area contributed by atoms with E-state index in [-0.39, 0.29) is 17.9 Å². The molecular formula is C22H22N2O2S. The van der Waals surface area contributed by atoms with Crippen LogP contribution in [0.25, 0.3) is 10.8 Å². The van der Waals surface area contributed by atoms with Crippen LogP contribution < -0.4 is 5.32 Å². The topological polar surface area (TPSA) is 49.4 Å². The Balaban J connectivity index is 1.34. The van der Waals surface area contributed by atoms with Gasteiger partial charge in [0.1, 0.15) is 0 Å². The summed E-state index contributed by atoms with van der Waals surface area (Å²) in [6.45, 7) is 1.39. The average molecular weight is 378 g/mol. The Morgan fingerprint density at radius 1 is 1.04 bits per heavy atom. The number of carbonyl (C=O) groups excluding carboxylic acids is 2. The Morgan fingerprint density at radius 2 is 1.81 bits per heavy atom. The summed E-state index contributed by atoms with van der Waals surface area (Å²) in [5.74, 6) is 0.144. The number of thiophene rings is 1. The number of carbonyl (C=O) groups is 2. The maximum atomic E-state index is 12.8. The van der Waals surface area contributed by atoms with Crippen LogP contribution in [0.1, 0.15) is 28.8 Å². The van der Waals surface area contributed by atoms with E-state index in [1.54, 1.807) is 0 Å². The predicted octanol–water partition coefficient (Wildman–Crippen LogP) is 3.86. The lowest BCUT2D eigenvalue weighted by atomic mass is 10.00. The maximum Gasteiger partial charge on any atom is 0.252 e. The molecule has 1 aromatic heterocycles. The van der Waals surface area contributed by atoms with Crippen LogP contribution in [-0.4, -0.2) is 35.8 Å². The summed E-state index contributed by atoms with van der Waals surface area (Å²) in [5.41, 5.74) is 1.79. The molecule has 1 aliphatic rings. The van der Waals surface area contributed by atoms with Gasteiger partial charge in [-0.1, -0.05) is 42.5 Å². The van der Waals surface area contributed by atoms with Crippen molar-refractivity contribution in [2.45, 2.75) is 25.3 Å². The van der Waals surface area contributed by atoms with Crippen LogP contribution in [0, 0.1) is 0 Å². The number of nitrogens with one attached hydrogen (secondary N) is 1. The minimum absolute atomic E-state index is 0.0169. The number of likely N-dealkylation sites (tertiary alicyclic amines) is 1. The third-order valence-electron chi connectivity index (χ3n) is 5.19. The Morgan fingerprint density at radius 3 is 2.59 bits per heavy atom. The minimum Gasteiger partial charge on any atom is -0.349 e. The normalized spacial score (nSPS) is 15.0. The highest BCUT2D eigenvalue weighted by molar-refractivity contribution is 7.08. The zero-order valence-corrected chi connectivity index (χ0v) is 15.9. The number of nitrogens with zero attached hydrogens (tertiary/aromatic N) is 1. The molecule has 1 N–H and O–H groups in total. The van der Waals surface area contributed by atoms with E-state index in [0.717, 1.165) is 34.7 Å². The van der Waals surface area contributed by atoms with Crippen LogP contribution >= 0.6 is 11.3 Å². The maximum absolute atomic E-state index is 12.8. The van der Waals surface area contributed by atoms with E-state index in [9.17, 15) is 9.59 Å². The Kier molecular flexibility index (Phi) is 5.21. The van der Waals surface area contributed by atoms with Gasteiger partial charge in [0.05, 0.1) is 6.42 Å². The number of fused-ring (bicyclic) bond motifs is 1. The van der Waals surface area contributed by atoms with Crippen molar-refractivity contribution in [1.82, 2.24) is 10.2 Å². The second kappa shape index (κ2) is 7.92. The van der Waals surface area contributed by atoms with Crippen molar-refractivity contribution < 1.29 is 9.59 Å². The molecule has 0 aliphatic carbocycles. The van der Waals surface area contributed by atoms with Crippen LogP contribution in [0.3, 0.4) is 0 Å². The highest BCUT2D eigenvalue weighted by Gasteiger charge is 2.24. The molecular weight excluding hydrogens is 356 g/mol. The third-order valence-corrected chi connectivity index (χ3v) is 5.87. The van der Waals surface area contributed by atoms with E-state index >= 15 is 0 Å². The molecule has 0 saturated carbocycles. The van der Waals surface area contributed by atoms with Crippen molar-refractivity contribution >= 4 is 33.9 Å². The Bertz CT molecular complexity index is 939. The summed E-state index contributed by atoms with van der Waals surface area (Å²) in [6.07, 6.45) is 2.03. The SMILES string of the molecule is O=C(NC1CCN(C(=O)Cc2cccc3ccccc23)CC1)c1ccsc1. The van der Waals surface area contributed by atoms with E-state index in [4.69, 9.17) is 0 Å². The van der Waals surface area contributed by atoms with Crippen molar-refractivity contribution in [2.24, 2.45) is 0 Å². The van der Waals surface area contributed by atoms with Crippen molar-refractivity contribution in [3.05, 3.63) is 70.4 Å². The summed E-state index contributed by atoms with van der Waals surface area (Å²) in [4.78, 5) is 26.9. The Hall–Kier alpha value is -2.66. The van der Waals surface area contributed by atoms with Gasteiger partial charge in [-0.05, 0) is 40.6 Å². The number of amides is 2. The van der Waals surface area contributed by atoms with Crippen LogP contribution in [0.4, 0.5) is 0 Å². The van der Waals surface area contributed by atoms with Crippen molar-refractivity contribution in [3.8, 4) is 0 Å². The Labute approximate surface area is 162 Å². The fourth-order valence-corrected chi connectivity index (χ4v) is 4.29. The van der Waals surface area contributed by atoms with Crippen molar-refractivity contribution in [1.29, 1.82) is 0 Å². The standard InChI is InChI=1S/C22H22N2O2S/c25-21(14-17-6-3-5-16-4-1-2-7-20(16)17)24-11-8-19(9-12-24)23-22(26)18-10-13-27-15-18/h1-7,10,13,15,19H,8-9,11-12,14H2,(H,23,26). The molecule has 1 saturated heterocycles. The number of piperidine rings is 1. The molecule has 4 nitrogen and oxygen atoms in total. The molecule has 27 heavy (non-hydrogen) atoms. The zero-order valence-electron chi connectivity index (χ0n) is 15.1. The zero-order chi connectivity index (χ0) is 18.6. The molecule has 0 atom stereocenters. The number of hydrogen-bond acceptors (Lipinski definition) is 3. The van der Waals surface area contributed by atoms with E-state index in [0.29, 0.717) is 19.5 Å². The number of hydrogen-bond donors (Lipinski definition) is 1. The molecule has 1 aliphatic heterocycles. The monoisotopic (exact) mass is 378 g/mol. The second-order valence-corrected chi connectivity index (χ2v) is 7.74. The van der Waals surface area contributed by atoms with E-state index in [1.165, 1.54) is 11.3 Å². The second-order valence-electron chi connectivity index (χ2n) is 6.96. The minimum atomic E-state index is -0.0169. The molecule has 0 spiro atoms. The van der Waals surface area contributed by atoms with Crippen LogP contribution in [0.15, 0.2) is 59.3 Å². The van der Waals surface area contributed by atoms with Gasteiger partial charge in [0.15, 0.2) is 0 Å². The van der Waals surface area contributed by atoms with Gasteiger partial charge in [-0.25, -0.2) is 0 Å². The van der Waals surface area contributed by atoms with Gasteiger partial charge < -0.3 is 10.2 Å². The third kappa shape index (κ3) is 4.03.